The van der Waals surface area contributed by atoms with E-state index in [1.807, 2.05) is 0 Å². The van der Waals surface area contributed by atoms with E-state index >= 15 is 0 Å². The Kier molecular flexibility index (Phi) is 3.75. The van der Waals surface area contributed by atoms with Crippen molar-refractivity contribution in [3.8, 4) is 0 Å². The average molecular weight is 312 g/mol. The quantitative estimate of drug-likeness (QED) is 0.852. The van der Waals surface area contributed by atoms with E-state index in [1.54, 1.807) is 0 Å². The van der Waals surface area contributed by atoms with Gasteiger partial charge >= 0.3 is 0 Å². The normalized spacial score (nSPS) is 19.6. The molecule has 0 spiro atoms. The smallest absolute Gasteiger partial charge is 0.269 e. The summed E-state index contributed by atoms with van der Waals surface area (Å²) in [6.45, 7) is -0.361. The minimum Gasteiger partial charge on any atom is -0.368 e. The van der Waals surface area contributed by atoms with Gasteiger partial charge in [0.05, 0.1) is 5.03 Å². The summed E-state index contributed by atoms with van der Waals surface area (Å²) in [5, 5.41) is 8.99. The van der Waals surface area contributed by atoms with Crippen LogP contribution in [-0.4, -0.2) is 22.1 Å². The third kappa shape index (κ3) is 2.43. The van der Waals surface area contributed by atoms with Gasteiger partial charge in [-0.2, -0.15) is 0 Å². The van der Waals surface area contributed by atoms with Crippen LogP contribution in [0.25, 0.3) is 0 Å². The van der Waals surface area contributed by atoms with Gasteiger partial charge in [-0.05, 0) is 17.7 Å². The predicted molar refractivity (Wildman–Crippen MR) is 61.6 cm³/mol. The maximum absolute atomic E-state index is 13.0. The highest BCUT2D eigenvalue weighted by Crippen LogP contribution is 2.31. The van der Waals surface area contributed by atoms with Gasteiger partial charge in [0.2, 0.25) is 0 Å². The van der Waals surface area contributed by atoms with Gasteiger partial charge in [-0.3, -0.25) is 4.79 Å². The van der Waals surface area contributed by atoms with Gasteiger partial charge in [0, 0.05) is 6.54 Å². The second kappa shape index (κ2) is 5.03. The van der Waals surface area contributed by atoms with E-state index in [1.165, 1.54) is 0 Å². The summed E-state index contributed by atoms with van der Waals surface area (Å²) in [6.07, 6.45) is -1.49. The molecule has 1 heterocycles. The molecule has 0 bridgehead atoms. The second-order valence-corrected chi connectivity index (χ2v) is 4.63. The first kappa shape index (κ1) is 14.2. The number of rotatable bonds is 2. The summed E-state index contributed by atoms with van der Waals surface area (Å²) in [6, 6.07) is 1.44. The van der Waals surface area contributed by atoms with Crippen LogP contribution in [0.4, 0.5) is 13.2 Å². The van der Waals surface area contributed by atoms with Crippen LogP contribution in [-0.2, 0) is 11.3 Å². The fourth-order valence-electron chi connectivity index (χ4n) is 1.64. The molecule has 1 unspecified atom stereocenters. The van der Waals surface area contributed by atoms with Crippen molar-refractivity contribution in [1.82, 2.24) is 4.90 Å². The Bertz CT molecular complexity index is 568. The van der Waals surface area contributed by atoms with E-state index in [0.29, 0.717) is 0 Å². The van der Waals surface area contributed by atoms with E-state index in [9.17, 15) is 23.1 Å². The Morgan fingerprint density at radius 3 is 2.16 bits per heavy atom. The molecule has 1 N–H and O–H groups in total. The Morgan fingerprint density at radius 2 is 1.74 bits per heavy atom. The topological polar surface area (TPSA) is 40.5 Å². The highest BCUT2D eigenvalue weighted by molar-refractivity contribution is 6.49. The second-order valence-electron chi connectivity index (χ2n) is 3.84. The molecule has 1 aromatic carbocycles. The van der Waals surface area contributed by atoms with Crippen molar-refractivity contribution in [1.29, 1.82) is 0 Å². The molecular weight excluding hydrogens is 306 g/mol. The summed E-state index contributed by atoms with van der Waals surface area (Å²) >= 11 is 11.1. The number of benzene rings is 1. The number of aliphatic hydroxyl groups is 1. The zero-order chi connectivity index (χ0) is 14.3. The largest absolute Gasteiger partial charge is 0.368 e. The van der Waals surface area contributed by atoms with Gasteiger partial charge < -0.3 is 10.0 Å². The van der Waals surface area contributed by atoms with Gasteiger partial charge in [-0.25, -0.2) is 13.2 Å². The molecule has 0 aliphatic carbocycles. The maximum Gasteiger partial charge on any atom is 0.269 e. The lowest BCUT2D eigenvalue weighted by molar-refractivity contribution is -0.132. The van der Waals surface area contributed by atoms with Crippen LogP contribution in [0.15, 0.2) is 22.2 Å². The van der Waals surface area contributed by atoms with Gasteiger partial charge in [-0.15, -0.1) is 0 Å². The van der Waals surface area contributed by atoms with E-state index in [-0.39, 0.29) is 22.2 Å². The summed E-state index contributed by atoms with van der Waals surface area (Å²) in [5.74, 6) is -5.15. The Morgan fingerprint density at radius 1 is 1.21 bits per heavy atom. The molecule has 1 aromatic rings. The zero-order valence-corrected chi connectivity index (χ0v) is 10.6. The van der Waals surface area contributed by atoms with Crippen LogP contribution in [0.5, 0.6) is 0 Å². The van der Waals surface area contributed by atoms with Crippen LogP contribution >= 0.6 is 23.2 Å². The molecular formula is C11H6Cl2F3NO2. The van der Waals surface area contributed by atoms with E-state index in [0.717, 1.165) is 17.0 Å². The van der Waals surface area contributed by atoms with Crippen molar-refractivity contribution < 1.29 is 23.1 Å². The summed E-state index contributed by atoms with van der Waals surface area (Å²) < 4.78 is 38.8. The molecule has 3 nitrogen and oxygen atoms in total. The number of nitrogens with zero attached hydrogens (tertiary/aromatic N) is 1. The van der Waals surface area contributed by atoms with Crippen LogP contribution in [0, 0.1) is 17.5 Å². The van der Waals surface area contributed by atoms with Crippen molar-refractivity contribution in [2.24, 2.45) is 0 Å². The standard InChI is InChI=1S/C11H6Cl2F3NO2/c12-7-8(13)11(19)17(10(7)18)3-4-1-5(14)9(16)6(15)2-4/h1-2,10,18H,3H2. The summed E-state index contributed by atoms with van der Waals surface area (Å²) in [5.41, 5.74) is -0.0420. The molecule has 1 aliphatic rings. The number of carbonyl (C=O) groups excluding carboxylic acids is 1. The van der Waals surface area contributed by atoms with Crippen molar-refractivity contribution in [3.05, 3.63) is 45.2 Å². The first-order valence-electron chi connectivity index (χ1n) is 5.00. The van der Waals surface area contributed by atoms with Crippen molar-refractivity contribution in [2.45, 2.75) is 12.8 Å². The van der Waals surface area contributed by atoms with Gasteiger partial charge in [0.1, 0.15) is 5.03 Å². The molecule has 2 rings (SSSR count). The minimum absolute atomic E-state index is 0.0420. The fourth-order valence-corrected chi connectivity index (χ4v) is 2.05. The zero-order valence-electron chi connectivity index (χ0n) is 9.13. The molecule has 0 saturated heterocycles. The first-order valence-corrected chi connectivity index (χ1v) is 5.76. The Hall–Kier alpha value is -1.24. The predicted octanol–water partition coefficient (Wildman–Crippen LogP) is 2.45. The summed E-state index contributed by atoms with van der Waals surface area (Å²) in [7, 11) is 0. The van der Waals surface area contributed by atoms with Gasteiger partial charge in [0.25, 0.3) is 5.91 Å². The number of hydrogen-bond acceptors (Lipinski definition) is 2. The molecule has 0 aromatic heterocycles. The SMILES string of the molecule is O=C1C(Cl)=C(Cl)C(O)N1Cc1cc(F)c(F)c(F)c1. The third-order valence-corrected chi connectivity index (χ3v) is 3.42. The van der Waals surface area contributed by atoms with Crippen molar-refractivity contribution in [3.63, 3.8) is 0 Å². The molecule has 8 heteroatoms. The molecule has 0 saturated carbocycles. The van der Waals surface area contributed by atoms with Crippen LogP contribution in [0.3, 0.4) is 0 Å². The highest BCUT2D eigenvalue weighted by atomic mass is 35.5. The molecule has 0 radical (unpaired) electrons. The number of halogens is 5. The third-order valence-electron chi connectivity index (χ3n) is 2.58. The lowest BCUT2D eigenvalue weighted by Gasteiger charge is -2.21. The van der Waals surface area contributed by atoms with Crippen LogP contribution in [0.2, 0.25) is 0 Å². The number of amides is 1. The molecule has 1 amide bonds. The summed E-state index contributed by atoms with van der Waals surface area (Å²) in [4.78, 5) is 12.4. The number of hydrogen-bond donors (Lipinski definition) is 1. The van der Waals surface area contributed by atoms with Crippen LogP contribution in [0.1, 0.15) is 5.56 Å². The first-order chi connectivity index (χ1) is 8.82. The lowest BCUT2D eigenvalue weighted by Crippen LogP contribution is -2.34. The molecule has 102 valence electrons. The van der Waals surface area contributed by atoms with Crippen molar-refractivity contribution >= 4 is 29.1 Å². The fraction of sp³-hybridized carbons (Fsp3) is 0.182. The van der Waals surface area contributed by atoms with Crippen molar-refractivity contribution in [2.75, 3.05) is 0 Å². The average Bonchev–Trinajstić information content (AvgIpc) is 2.54. The monoisotopic (exact) mass is 311 g/mol. The Labute approximate surface area is 115 Å². The molecule has 19 heavy (non-hydrogen) atoms. The van der Waals surface area contributed by atoms with Crippen LogP contribution < -0.4 is 0 Å². The number of aliphatic hydroxyl groups excluding tert-OH is 1. The number of carbonyl (C=O) groups is 1. The minimum atomic E-state index is -1.61. The van der Waals surface area contributed by atoms with Gasteiger partial charge in [-0.1, -0.05) is 23.2 Å². The lowest BCUT2D eigenvalue weighted by atomic mass is 10.2. The molecule has 1 atom stereocenters. The van der Waals surface area contributed by atoms with E-state index in [2.05, 4.69) is 0 Å². The molecule has 0 fully saturated rings. The van der Waals surface area contributed by atoms with E-state index in [4.69, 9.17) is 23.2 Å². The maximum atomic E-state index is 13.0. The Balaban J connectivity index is 2.27. The highest BCUT2D eigenvalue weighted by Gasteiger charge is 2.36. The van der Waals surface area contributed by atoms with Gasteiger partial charge in [0.15, 0.2) is 23.7 Å². The molecule has 1 aliphatic heterocycles. The van der Waals surface area contributed by atoms with E-state index < -0.39 is 29.6 Å².